The molecule has 0 radical (unpaired) electrons. The number of thiazole rings is 1. The van der Waals surface area contributed by atoms with Crippen LogP contribution in [0.2, 0.25) is 0 Å². The number of furan rings is 1. The minimum absolute atomic E-state index is 0.0772. The summed E-state index contributed by atoms with van der Waals surface area (Å²) in [6, 6.07) is 18.2. The number of amides is 2. The topological polar surface area (TPSA) is 96.7 Å². The van der Waals surface area contributed by atoms with Gasteiger partial charge in [0.1, 0.15) is 0 Å². The molecule has 168 valence electrons. The van der Waals surface area contributed by atoms with Crippen LogP contribution in [-0.4, -0.2) is 54.5 Å². The number of para-hydroxylation sites is 1. The molecule has 2 aromatic heterocycles. The van der Waals surface area contributed by atoms with Gasteiger partial charge >= 0.3 is 0 Å². The fourth-order valence-electron chi connectivity index (χ4n) is 3.54. The number of fused-ring (bicyclic) bond motifs is 1. The van der Waals surface area contributed by atoms with E-state index in [1.54, 1.807) is 36.4 Å². The van der Waals surface area contributed by atoms with Gasteiger partial charge in [0.25, 0.3) is 5.91 Å². The lowest BCUT2D eigenvalue weighted by Crippen LogP contribution is -2.41. The summed E-state index contributed by atoms with van der Waals surface area (Å²) in [7, 11) is 0. The molecular formula is C24H22N4O4S. The molecule has 2 amide bonds. The zero-order chi connectivity index (χ0) is 22.6. The van der Waals surface area contributed by atoms with E-state index in [0.29, 0.717) is 36.9 Å². The average Bonchev–Trinajstić information content (AvgIpc) is 3.48. The monoisotopic (exact) mass is 462 g/mol. The number of anilines is 2. The Morgan fingerprint density at radius 1 is 0.939 bits per heavy atom. The van der Waals surface area contributed by atoms with Crippen LogP contribution in [0.15, 0.2) is 65.1 Å². The first-order chi connectivity index (χ1) is 16.1. The van der Waals surface area contributed by atoms with Gasteiger partial charge in [0.2, 0.25) is 5.91 Å². The van der Waals surface area contributed by atoms with Gasteiger partial charge in [-0.05, 0) is 48.5 Å². The Hall–Kier alpha value is -3.53. The van der Waals surface area contributed by atoms with Crippen molar-refractivity contribution >= 4 is 44.7 Å². The van der Waals surface area contributed by atoms with Gasteiger partial charge in [0.15, 0.2) is 16.5 Å². The first-order valence-electron chi connectivity index (χ1n) is 10.6. The highest BCUT2D eigenvalue weighted by Gasteiger charge is 2.16. The second kappa shape index (κ2) is 9.53. The first-order valence-corrected chi connectivity index (χ1v) is 11.4. The maximum Gasteiger partial charge on any atom is 0.291 e. The van der Waals surface area contributed by atoms with E-state index in [2.05, 4.69) is 20.5 Å². The zero-order valence-corrected chi connectivity index (χ0v) is 18.6. The summed E-state index contributed by atoms with van der Waals surface area (Å²) in [4.78, 5) is 31.4. The number of carbonyl (C=O) groups is 2. The van der Waals surface area contributed by atoms with Crippen LogP contribution in [0.4, 0.5) is 11.4 Å². The van der Waals surface area contributed by atoms with Gasteiger partial charge in [-0.25, -0.2) is 4.98 Å². The van der Waals surface area contributed by atoms with Crippen molar-refractivity contribution in [2.75, 3.05) is 43.5 Å². The van der Waals surface area contributed by atoms with E-state index in [1.807, 2.05) is 24.3 Å². The summed E-state index contributed by atoms with van der Waals surface area (Å²) in [5.41, 5.74) is 2.17. The third-order valence-electron chi connectivity index (χ3n) is 5.23. The van der Waals surface area contributed by atoms with Gasteiger partial charge < -0.3 is 19.8 Å². The van der Waals surface area contributed by atoms with E-state index < -0.39 is 0 Å². The van der Waals surface area contributed by atoms with Crippen LogP contribution < -0.4 is 10.6 Å². The Kier molecular flexibility index (Phi) is 6.16. The molecule has 4 aromatic rings. The molecule has 1 saturated heterocycles. The summed E-state index contributed by atoms with van der Waals surface area (Å²) in [5, 5.41) is 6.42. The minimum Gasteiger partial charge on any atom is -0.448 e. The molecule has 0 bridgehead atoms. The highest BCUT2D eigenvalue weighted by Crippen LogP contribution is 2.31. The van der Waals surface area contributed by atoms with Crippen molar-refractivity contribution in [1.82, 2.24) is 9.88 Å². The molecule has 0 saturated carbocycles. The molecule has 1 aliphatic rings. The highest BCUT2D eigenvalue weighted by molar-refractivity contribution is 7.21. The van der Waals surface area contributed by atoms with Crippen LogP contribution in [0.3, 0.4) is 0 Å². The Morgan fingerprint density at radius 3 is 2.42 bits per heavy atom. The molecule has 8 nitrogen and oxygen atoms in total. The summed E-state index contributed by atoms with van der Waals surface area (Å²) < 4.78 is 12.1. The second-order valence-corrected chi connectivity index (χ2v) is 8.65. The van der Waals surface area contributed by atoms with Crippen molar-refractivity contribution in [3.05, 3.63) is 66.4 Å². The lowest BCUT2D eigenvalue weighted by molar-refractivity contribution is -0.118. The maximum atomic E-state index is 12.6. The molecule has 1 aliphatic heterocycles. The van der Waals surface area contributed by atoms with Crippen LogP contribution in [0.25, 0.3) is 21.0 Å². The van der Waals surface area contributed by atoms with Crippen LogP contribution in [0.1, 0.15) is 10.6 Å². The summed E-state index contributed by atoms with van der Waals surface area (Å²) in [5.74, 6) is 0.324. The van der Waals surface area contributed by atoms with Crippen LogP contribution >= 0.6 is 11.3 Å². The molecule has 0 aliphatic carbocycles. The Balaban J connectivity index is 1.18. The predicted molar refractivity (Wildman–Crippen MR) is 128 cm³/mol. The number of benzene rings is 2. The normalized spacial score (nSPS) is 14.3. The number of hydrogen-bond acceptors (Lipinski definition) is 7. The van der Waals surface area contributed by atoms with Crippen LogP contribution in [-0.2, 0) is 9.53 Å². The van der Waals surface area contributed by atoms with Gasteiger partial charge in [-0.15, -0.1) is 11.3 Å². The molecule has 9 heteroatoms. The molecule has 5 rings (SSSR count). The molecule has 0 spiro atoms. The molecule has 0 atom stereocenters. The Bertz CT molecular complexity index is 1240. The molecular weight excluding hydrogens is 440 g/mol. The fraction of sp³-hybridized carbons (Fsp3) is 0.208. The van der Waals surface area contributed by atoms with E-state index >= 15 is 0 Å². The van der Waals surface area contributed by atoms with E-state index in [4.69, 9.17) is 9.15 Å². The SMILES string of the molecule is O=C(CN1CCOCC1)Nc1ccc(NC(=O)c2ccc(-c3nc4ccccc4s3)o2)cc1. The summed E-state index contributed by atoms with van der Waals surface area (Å²) >= 11 is 1.52. The third kappa shape index (κ3) is 5.11. The standard InChI is InChI=1S/C24H22N4O4S/c29-22(15-28-11-13-31-14-12-28)25-16-5-7-17(8-6-16)26-23(30)19-9-10-20(32-19)24-27-18-3-1-2-4-21(18)33-24/h1-10H,11-15H2,(H,25,29)(H,26,30). The average molecular weight is 463 g/mol. The van der Waals surface area contributed by atoms with Crippen molar-refractivity contribution in [3.63, 3.8) is 0 Å². The number of rotatable bonds is 6. The maximum absolute atomic E-state index is 12.6. The van der Waals surface area contributed by atoms with Crippen molar-refractivity contribution in [2.24, 2.45) is 0 Å². The second-order valence-electron chi connectivity index (χ2n) is 7.62. The van der Waals surface area contributed by atoms with Crippen molar-refractivity contribution in [2.45, 2.75) is 0 Å². The van der Waals surface area contributed by atoms with Gasteiger partial charge in [0.05, 0.1) is 30.0 Å². The largest absolute Gasteiger partial charge is 0.448 e. The number of nitrogens with zero attached hydrogens (tertiary/aromatic N) is 2. The smallest absolute Gasteiger partial charge is 0.291 e. The van der Waals surface area contributed by atoms with E-state index in [-0.39, 0.29) is 17.6 Å². The van der Waals surface area contributed by atoms with Crippen LogP contribution in [0, 0.1) is 0 Å². The lowest BCUT2D eigenvalue weighted by atomic mass is 10.2. The fourth-order valence-corrected chi connectivity index (χ4v) is 4.47. The van der Waals surface area contributed by atoms with Gasteiger partial charge in [-0.2, -0.15) is 0 Å². The van der Waals surface area contributed by atoms with Crippen molar-refractivity contribution in [1.29, 1.82) is 0 Å². The molecule has 2 N–H and O–H groups in total. The quantitative estimate of drug-likeness (QED) is 0.448. The van der Waals surface area contributed by atoms with Crippen molar-refractivity contribution < 1.29 is 18.7 Å². The van der Waals surface area contributed by atoms with E-state index in [9.17, 15) is 9.59 Å². The number of morpholine rings is 1. The third-order valence-corrected chi connectivity index (χ3v) is 6.28. The summed E-state index contributed by atoms with van der Waals surface area (Å²) in [6.07, 6.45) is 0. The lowest BCUT2D eigenvalue weighted by Gasteiger charge is -2.25. The highest BCUT2D eigenvalue weighted by atomic mass is 32.1. The molecule has 2 aromatic carbocycles. The van der Waals surface area contributed by atoms with Gasteiger partial charge in [0, 0.05) is 24.5 Å². The molecule has 3 heterocycles. The number of ether oxygens (including phenoxy) is 1. The van der Waals surface area contributed by atoms with Gasteiger partial charge in [-0.1, -0.05) is 12.1 Å². The van der Waals surface area contributed by atoms with Crippen LogP contribution in [0.5, 0.6) is 0 Å². The number of aromatic nitrogens is 1. The Morgan fingerprint density at radius 2 is 1.67 bits per heavy atom. The van der Waals surface area contributed by atoms with Gasteiger partial charge in [-0.3, -0.25) is 14.5 Å². The number of carbonyl (C=O) groups excluding carboxylic acids is 2. The van der Waals surface area contributed by atoms with E-state index in [0.717, 1.165) is 28.3 Å². The molecule has 0 unspecified atom stereocenters. The number of hydrogen-bond donors (Lipinski definition) is 2. The van der Waals surface area contributed by atoms with E-state index in [1.165, 1.54) is 11.3 Å². The predicted octanol–water partition coefficient (Wildman–Crippen LogP) is 4.08. The van der Waals surface area contributed by atoms with Crippen molar-refractivity contribution in [3.8, 4) is 10.8 Å². The summed E-state index contributed by atoms with van der Waals surface area (Å²) in [6.45, 7) is 3.15. The molecule has 1 fully saturated rings. The first kappa shape index (κ1) is 21.3. The zero-order valence-electron chi connectivity index (χ0n) is 17.7. The molecule has 33 heavy (non-hydrogen) atoms. The number of nitrogens with one attached hydrogen (secondary N) is 2. The minimum atomic E-state index is -0.355. The Labute approximate surface area is 194 Å².